The van der Waals surface area contributed by atoms with Crippen LogP contribution in [0.15, 0.2) is 47.0 Å². The van der Waals surface area contributed by atoms with E-state index in [4.69, 9.17) is 20.9 Å². The van der Waals surface area contributed by atoms with Crippen LogP contribution in [-0.2, 0) is 16.1 Å². The van der Waals surface area contributed by atoms with Crippen LogP contribution in [0, 0.1) is 17.6 Å². The summed E-state index contributed by atoms with van der Waals surface area (Å²) in [4.78, 5) is 16.3. The lowest BCUT2D eigenvalue weighted by Crippen LogP contribution is -2.09. The van der Waals surface area contributed by atoms with Gasteiger partial charge in [-0.1, -0.05) is 35.0 Å². The van der Waals surface area contributed by atoms with E-state index in [-0.39, 0.29) is 18.1 Å². The number of aromatic nitrogens is 2. The Hall–Kier alpha value is -2.80. The standard InChI is InChI=1S/C19H13ClF2N2O3/c20-11-4-1-3-10(7-11)18-23-16(27-24-18)9-26-19(25)13-8-12(13)17-14(21)5-2-6-15(17)22/h1-7,12-13H,8-9H2/t12-,13+/m1/s1. The predicted octanol–water partition coefficient (Wildman–Crippen LogP) is 4.52. The van der Waals surface area contributed by atoms with E-state index in [1.807, 2.05) is 0 Å². The van der Waals surface area contributed by atoms with E-state index in [1.165, 1.54) is 18.2 Å². The van der Waals surface area contributed by atoms with Crippen LogP contribution in [-0.4, -0.2) is 16.1 Å². The number of hydrogen-bond acceptors (Lipinski definition) is 5. The third-order valence-corrected chi connectivity index (χ3v) is 4.59. The van der Waals surface area contributed by atoms with Crippen molar-refractivity contribution in [1.82, 2.24) is 10.1 Å². The first-order valence-corrected chi connectivity index (χ1v) is 8.60. The quantitative estimate of drug-likeness (QED) is 0.599. The van der Waals surface area contributed by atoms with E-state index >= 15 is 0 Å². The Labute approximate surface area is 157 Å². The second-order valence-electron chi connectivity index (χ2n) is 6.21. The monoisotopic (exact) mass is 390 g/mol. The zero-order valence-electron chi connectivity index (χ0n) is 13.9. The van der Waals surface area contributed by atoms with Gasteiger partial charge in [-0.3, -0.25) is 4.79 Å². The molecule has 0 saturated heterocycles. The highest BCUT2D eigenvalue weighted by Gasteiger charge is 2.47. The highest BCUT2D eigenvalue weighted by atomic mass is 35.5. The van der Waals surface area contributed by atoms with E-state index in [0.717, 1.165) is 0 Å². The largest absolute Gasteiger partial charge is 0.455 e. The first-order chi connectivity index (χ1) is 13.0. The molecule has 2 aromatic carbocycles. The van der Waals surface area contributed by atoms with E-state index in [2.05, 4.69) is 10.1 Å². The van der Waals surface area contributed by atoms with Crippen LogP contribution in [0.3, 0.4) is 0 Å². The predicted molar refractivity (Wildman–Crippen MR) is 91.7 cm³/mol. The second-order valence-corrected chi connectivity index (χ2v) is 6.65. The van der Waals surface area contributed by atoms with Gasteiger partial charge < -0.3 is 9.26 Å². The van der Waals surface area contributed by atoms with Crippen molar-refractivity contribution >= 4 is 17.6 Å². The minimum atomic E-state index is -0.654. The summed E-state index contributed by atoms with van der Waals surface area (Å²) >= 11 is 5.92. The number of rotatable bonds is 5. The first kappa shape index (κ1) is 17.6. The summed E-state index contributed by atoms with van der Waals surface area (Å²) in [6.07, 6.45) is 0.342. The van der Waals surface area contributed by atoms with Crippen molar-refractivity contribution in [1.29, 1.82) is 0 Å². The van der Waals surface area contributed by atoms with Gasteiger partial charge in [-0.25, -0.2) is 8.78 Å². The summed E-state index contributed by atoms with van der Waals surface area (Å²) in [5.41, 5.74) is 0.599. The van der Waals surface area contributed by atoms with Gasteiger partial charge in [0.1, 0.15) is 11.6 Å². The number of hydrogen-bond donors (Lipinski definition) is 0. The number of benzene rings is 2. The molecule has 0 radical (unpaired) electrons. The van der Waals surface area contributed by atoms with Crippen molar-refractivity contribution in [2.24, 2.45) is 5.92 Å². The molecule has 5 nitrogen and oxygen atoms in total. The molecular weight excluding hydrogens is 378 g/mol. The maximum atomic E-state index is 13.8. The highest BCUT2D eigenvalue weighted by molar-refractivity contribution is 6.30. The smallest absolute Gasteiger partial charge is 0.310 e. The number of esters is 1. The van der Waals surface area contributed by atoms with Gasteiger partial charge in [-0.05, 0) is 30.7 Å². The van der Waals surface area contributed by atoms with Crippen LogP contribution < -0.4 is 0 Å². The lowest BCUT2D eigenvalue weighted by molar-refractivity contribution is -0.147. The summed E-state index contributed by atoms with van der Waals surface area (Å²) in [6.45, 7) is -0.213. The molecule has 2 atom stereocenters. The Kier molecular flexibility index (Phi) is 4.61. The van der Waals surface area contributed by atoms with Crippen molar-refractivity contribution < 1.29 is 22.8 Å². The van der Waals surface area contributed by atoms with E-state index in [0.29, 0.717) is 22.8 Å². The fraction of sp³-hybridized carbons (Fsp3) is 0.211. The van der Waals surface area contributed by atoms with Crippen molar-refractivity contribution in [2.75, 3.05) is 0 Å². The molecule has 4 rings (SSSR count). The summed E-state index contributed by atoms with van der Waals surface area (Å²) in [5.74, 6) is -2.51. The van der Waals surface area contributed by atoms with Gasteiger partial charge in [0, 0.05) is 22.1 Å². The van der Waals surface area contributed by atoms with Crippen LogP contribution in [0.5, 0.6) is 0 Å². The van der Waals surface area contributed by atoms with Crippen LogP contribution >= 0.6 is 11.6 Å². The fourth-order valence-electron chi connectivity index (χ4n) is 2.94. The number of halogens is 3. The van der Waals surface area contributed by atoms with Gasteiger partial charge in [0.25, 0.3) is 5.89 Å². The Morgan fingerprint density at radius 3 is 2.70 bits per heavy atom. The maximum absolute atomic E-state index is 13.8. The van der Waals surface area contributed by atoms with Crippen LogP contribution in [0.25, 0.3) is 11.4 Å². The van der Waals surface area contributed by atoms with E-state index in [1.54, 1.807) is 24.3 Å². The zero-order valence-corrected chi connectivity index (χ0v) is 14.6. The normalized spacial score (nSPS) is 18.3. The van der Waals surface area contributed by atoms with Crippen LogP contribution in [0.2, 0.25) is 5.02 Å². The lowest BCUT2D eigenvalue weighted by atomic mass is 10.1. The lowest BCUT2D eigenvalue weighted by Gasteiger charge is -2.04. The molecular formula is C19H13ClF2N2O3. The van der Waals surface area contributed by atoms with Gasteiger partial charge >= 0.3 is 5.97 Å². The van der Waals surface area contributed by atoms with Gasteiger partial charge in [-0.2, -0.15) is 4.98 Å². The molecule has 0 unspecified atom stereocenters. The minimum Gasteiger partial charge on any atom is -0.455 e. The molecule has 1 aliphatic carbocycles. The molecule has 0 bridgehead atoms. The number of carbonyl (C=O) groups excluding carboxylic acids is 1. The molecule has 1 aromatic heterocycles. The van der Waals surface area contributed by atoms with Gasteiger partial charge in [-0.15, -0.1) is 0 Å². The zero-order chi connectivity index (χ0) is 19.0. The average Bonchev–Trinajstić information content (AvgIpc) is 3.27. The summed E-state index contributed by atoms with van der Waals surface area (Å²) in [7, 11) is 0. The molecule has 1 saturated carbocycles. The molecule has 27 heavy (non-hydrogen) atoms. The minimum absolute atomic E-state index is 0.0690. The Morgan fingerprint density at radius 2 is 1.96 bits per heavy atom. The molecule has 0 aliphatic heterocycles. The average molecular weight is 391 g/mol. The van der Waals surface area contributed by atoms with Gasteiger partial charge in [0.2, 0.25) is 5.82 Å². The molecule has 138 valence electrons. The number of carbonyl (C=O) groups is 1. The molecule has 8 heteroatoms. The number of nitrogens with zero attached hydrogens (tertiary/aromatic N) is 2. The summed E-state index contributed by atoms with van der Waals surface area (Å²) in [5, 5.41) is 4.35. The Morgan fingerprint density at radius 1 is 1.22 bits per heavy atom. The maximum Gasteiger partial charge on any atom is 0.310 e. The molecule has 3 aromatic rings. The highest BCUT2D eigenvalue weighted by Crippen LogP contribution is 2.49. The molecule has 0 spiro atoms. The third-order valence-electron chi connectivity index (χ3n) is 4.35. The molecule has 0 N–H and O–H groups in total. The molecule has 1 fully saturated rings. The number of ether oxygens (including phenoxy) is 1. The van der Waals surface area contributed by atoms with E-state index in [9.17, 15) is 13.6 Å². The Bertz CT molecular complexity index is 988. The van der Waals surface area contributed by atoms with Crippen molar-refractivity contribution in [3.05, 3.63) is 70.6 Å². The fourth-order valence-corrected chi connectivity index (χ4v) is 3.13. The first-order valence-electron chi connectivity index (χ1n) is 8.22. The van der Waals surface area contributed by atoms with Crippen molar-refractivity contribution in [3.63, 3.8) is 0 Å². The van der Waals surface area contributed by atoms with Gasteiger partial charge in [0.15, 0.2) is 6.61 Å². The van der Waals surface area contributed by atoms with Crippen LogP contribution in [0.4, 0.5) is 8.78 Å². The molecule has 0 amide bonds. The second kappa shape index (κ2) is 7.08. The van der Waals surface area contributed by atoms with Gasteiger partial charge in [0.05, 0.1) is 5.92 Å². The third kappa shape index (κ3) is 3.68. The SMILES string of the molecule is O=C(OCc1nc(-c2cccc(Cl)c2)no1)[C@H]1C[C@H]1c1c(F)cccc1F. The Balaban J connectivity index is 1.37. The molecule has 1 aliphatic rings. The van der Waals surface area contributed by atoms with E-state index < -0.39 is 29.4 Å². The molecule has 1 heterocycles. The summed E-state index contributed by atoms with van der Waals surface area (Å²) < 4.78 is 37.8. The van der Waals surface area contributed by atoms with Crippen molar-refractivity contribution in [2.45, 2.75) is 18.9 Å². The van der Waals surface area contributed by atoms with Crippen LogP contribution in [0.1, 0.15) is 23.8 Å². The topological polar surface area (TPSA) is 65.2 Å². The van der Waals surface area contributed by atoms with Crippen molar-refractivity contribution in [3.8, 4) is 11.4 Å². The summed E-state index contributed by atoms with van der Waals surface area (Å²) in [6, 6.07) is 10.6.